The van der Waals surface area contributed by atoms with Gasteiger partial charge < -0.3 is 46.6 Å². The Morgan fingerprint density at radius 2 is 1.36 bits per heavy atom. The number of carboxylic acid groups (broad SMARTS) is 3. The third kappa shape index (κ3) is 3.99. The Hall–Kier alpha value is -5.37. The van der Waals surface area contributed by atoms with Gasteiger partial charge in [-0.25, -0.2) is 9.59 Å². The second kappa shape index (κ2) is 9.18. The maximum Gasteiger partial charge on any atom is 0.340 e. The first kappa shape index (κ1) is 26.7. The van der Waals surface area contributed by atoms with Gasteiger partial charge in [-0.2, -0.15) is 0 Å². The number of aliphatic hydroxyl groups is 3. The fourth-order valence-electron chi connectivity index (χ4n) is 4.81. The van der Waals surface area contributed by atoms with Crippen molar-refractivity contribution in [2.75, 3.05) is 0 Å². The summed E-state index contributed by atoms with van der Waals surface area (Å²) in [4.78, 5) is 61.6. The van der Waals surface area contributed by atoms with Gasteiger partial charge in [0.25, 0.3) is 0 Å². The number of phenols is 2. The van der Waals surface area contributed by atoms with Gasteiger partial charge >= 0.3 is 17.9 Å². The number of allylic oxidation sites excluding steroid dienone is 3. The number of aliphatic hydroxyl groups excluding tert-OH is 3. The zero-order chi connectivity index (χ0) is 29.1. The topological polar surface area (TPSA) is 273 Å². The average molecular weight is 541 g/mol. The van der Waals surface area contributed by atoms with E-state index in [0.717, 1.165) is 12.1 Å². The van der Waals surface area contributed by atoms with E-state index in [1.165, 1.54) is 6.07 Å². The largest absolute Gasteiger partial charge is 0.511 e. The highest BCUT2D eigenvalue weighted by Gasteiger charge is 2.53. The quantitative estimate of drug-likeness (QED) is 0.250. The number of nitrogens with two attached hydrogens (primary N) is 1. The molecule has 39 heavy (non-hydrogen) atoms. The lowest BCUT2D eigenvalue weighted by atomic mass is 9.67. The van der Waals surface area contributed by atoms with E-state index in [-0.39, 0.29) is 12.0 Å². The van der Waals surface area contributed by atoms with Crippen molar-refractivity contribution in [1.29, 1.82) is 0 Å². The Balaban J connectivity index is 1.98. The van der Waals surface area contributed by atoms with Gasteiger partial charge in [-0.1, -0.05) is 6.07 Å². The molecule has 202 valence electrons. The first-order valence-electron chi connectivity index (χ1n) is 11.0. The normalized spacial score (nSPS) is 19.4. The molecule has 0 heterocycles. The lowest BCUT2D eigenvalue weighted by molar-refractivity contribution is -0.138. The molecule has 0 aromatic heterocycles. The highest BCUT2D eigenvalue weighted by Crippen LogP contribution is 2.49. The molecule has 2 aliphatic carbocycles. The standard InChI is InChI=1S/C25H19NO13/c26-9(23(34)35)4-6-1-2-10(27)7(3-6)13-20(31)17-16(22(33)21(13)32)18(29)8-5-11(28)14(24(36)37)15(25(38)39)12(8)19(17)30/h1-3,5,9,16-17,27-28,31-33H,4,26H2,(H,34,35)(H,36,37)(H,38,39). The molecule has 0 fully saturated rings. The van der Waals surface area contributed by atoms with Gasteiger partial charge in [0.1, 0.15) is 40.5 Å². The Morgan fingerprint density at radius 1 is 0.769 bits per heavy atom. The summed E-state index contributed by atoms with van der Waals surface area (Å²) in [6, 6.07) is 2.63. The van der Waals surface area contributed by atoms with Crippen molar-refractivity contribution in [3.63, 3.8) is 0 Å². The van der Waals surface area contributed by atoms with E-state index < -0.39 is 110 Å². The Morgan fingerprint density at radius 3 is 1.92 bits per heavy atom. The van der Waals surface area contributed by atoms with Crippen LogP contribution in [0.15, 0.2) is 41.5 Å². The number of carboxylic acids is 3. The number of hydrogen-bond donors (Lipinski definition) is 9. The van der Waals surface area contributed by atoms with Crippen molar-refractivity contribution >= 4 is 35.0 Å². The van der Waals surface area contributed by atoms with Gasteiger partial charge in [-0.3, -0.25) is 14.4 Å². The molecule has 4 rings (SSSR count). The van der Waals surface area contributed by atoms with Crippen LogP contribution in [0.25, 0.3) is 5.57 Å². The molecule has 14 heteroatoms. The van der Waals surface area contributed by atoms with Crippen molar-refractivity contribution in [2.45, 2.75) is 12.5 Å². The minimum Gasteiger partial charge on any atom is -0.511 e. The van der Waals surface area contributed by atoms with Crippen LogP contribution in [0.5, 0.6) is 11.5 Å². The van der Waals surface area contributed by atoms with Crippen LogP contribution >= 0.6 is 0 Å². The van der Waals surface area contributed by atoms with E-state index in [9.17, 15) is 59.7 Å². The minimum atomic E-state index is -2.07. The highest BCUT2D eigenvalue weighted by atomic mass is 16.4. The zero-order valence-corrected chi connectivity index (χ0v) is 19.4. The van der Waals surface area contributed by atoms with E-state index in [2.05, 4.69) is 0 Å². The van der Waals surface area contributed by atoms with Crippen LogP contribution in [0.2, 0.25) is 0 Å². The minimum absolute atomic E-state index is 0.193. The molecule has 0 saturated carbocycles. The lowest BCUT2D eigenvalue weighted by Gasteiger charge is -2.35. The second-order valence-electron chi connectivity index (χ2n) is 8.86. The molecule has 0 amide bonds. The van der Waals surface area contributed by atoms with Crippen molar-refractivity contribution in [2.24, 2.45) is 17.6 Å². The van der Waals surface area contributed by atoms with Gasteiger partial charge in [0.15, 0.2) is 17.3 Å². The molecule has 10 N–H and O–H groups in total. The molecular weight excluding hydrogens is 522 g/mol. The number of aromatic carboxylic acids is 2. The maximum atomic E-state index is 13.6. The predicted molar refractivity (Wildman–Crippen MR) is 127 cm³/mol. The molecule has 2 aromatic rings. The summed E-state index contributed by atoms with van der Waals surface area (Å²) in [6.45, 7) is 0. The van der Waals surface area contributed by atoms with Crippen LogP contribution < -0.4 is 5.73 Å². The molecule has 0 radical (unpaired) electrons. The molecule has 3 atom stereocenters. The molecule has 3 unspecified atom stereocenters. The van der Waals surface area contributed by atoms with Crippen LogP contribution in [0, 0.1) is 11.8 Å². The Labute approximate surface area is 216 Å². The number of benzene rings is 2. The number of aliphatic carboxylic acids is 1. The third-order valence-corrected chi connectivity index (χ3v) is 6.57. The SMILES string of the molecule is NC(Cc1ccc(O)c(C2=C(O)C3C(=O)c4c(cc(O)c(C(=O)O)c4C(=O)O)C(=O)C3C(O)=C2O)c1)C(=O)O. The average Bonchev–Trinajstić information content (AvgIpc) is 2.85. The van der Waals surface area contributed by atoms with Crippen molar-refractivity contribution in [1.82, 2.24) is 0 Å². The summed E-state index contributed by atoms with van der Waals surface area (Å²) in [5.74, 6) is -17.0. The number of carbonyl (C=O) groups excluding carboxylic acids is 2. The highest BCUT2D eigenvalue weighted by molar-refractivity contribution is 6.24. The van der Waals surface area contributed by atoms with E-state index in [1.807, 2.05) is 0 Å². The molecular formula is C25H19NO13. The summed E-state index contributed by atoms with van der Waals surface area (Å²) in [5, 5.41) is 81.3. The first-order chi connectivity index (χ1) is 18.2. The molecule has 0 bridgehead atoms. The summed E-state index contributed by atoms with van der Waals surface area (Å²) in [5.41, 5.74) is 0.470. The fraction of sp³-hybridized carbons (Fsp3) is 0.160. The number of ketones is 2. The van der Waals surface area contributed by atoms with Crippen molar-refractivity contribution < 1.29 is 64.8 Å². The van der Waals surface area contributed by atoms with Crippen LogP contribution in [0.1, 0.15) is 52.6 Å². The molecule has 2 aromatic carbocycles. The summed E-state index contributed by atoms with van der Waals surface area (Å²) in [6.07, 6.45) is -0.270. The predicted octanol–water partition coefficient (Wildman–Crippen LogP) is 1.37. The van der Waals surface area contributed by atoms with E-state index >= 15 is 0 Å². The summed E-state index contributed by atoms with van der Waals surface area (Å²) >= 11 is 0. The number of rotatable bonds is 6. The number of Topliss-reactive ketones (excluding diaryl/α,β-unsaturated/α-hetero) is 2. The summed E-state index contributed by atoms with van der Waals surface area (Å²) in [7, 11) is 0. The second-order valence-corrected chi connectivity index (χ2v) is 8.86. The number of carbonyl (C=O) groups is 5. The van der Waals surface area contributed by atoms with E-state index in [0.29, 0.717) is 6.07 Å². The number of fused-ring (bicyclic) bond motifs is 2. The summed E-state index contributed by atoms with van der Waals surface area (Å²) < 4.78 is 0. The lowest BCUT2D eigenvalue weighted by Crippen LogP contribution is -2.42. The molecule has 0 aliphatic heterocycles. The van der Waals surface area contributed by atoms with Gasteiger partial charge in [-0.15, -0.1) is 0 Å². The third-order valence-electron chi connectivity index (χ3n) is 6.57. The Kier molecular flexibility index (Phi) is 6.28. The van der Waals surface area contributed by atoms with Crippen molar-refractivity contribution in [3.05, 3.63) is 74.9 Å². The monoisotopic (exact) mass is 541 g/mol. The molecule has 14 nitrogen and oxygen atoms in total. The number of aromatic hydroxyl groups is 2. The molecule has 2 aliphatic rings. The van der Waals surface area contributed by atoms with E-state index in [1.54, 1.807) is 0 Å². The van der Waals surface area contributed by atoms with Gasteiger partial charge in [0, 0.05) is 16.7 Å². The van der Waals surface area contributed by atoms with Crippen LogP contribution in [-0.4, -0.2) is 76.4 Å². The van der Waals surface area contributed by atoms with Crippen LogP contribution in [-0.2, 0) is 11.2 Å². The number of phenolic OH excluding ortho intramolecular Hbond substituents is 1. The zero-order valence-electron chi connectivity index (χ0n) is 19.4. The van der Waals surface area contributed by atoms with Crippen LogP contribution in [0.4, 0.5) is 0 Å². The van der Waals surface area contributed by atoms with Gasteiger partial charge in [-0.05, 0) is 30.2 Å². The van der Waals surface area contributed by atoms with E-state index in [4.69, 9.17) is 10.8 Å². The maximum absolute atomic E-state index is 13.6. The molecule has 0 spiro atoms. The Bertz CT molecular complexity index is 1580. The van der Waals surface area contributed by atoms with Gasteiger partial charge in [0.2, 0.25) is 0 Å². The van der Waals surface area contributed by atoms with Crippen molar-refractivity contribution in [3.8, 4) is 11.5 Å². The number of hydrogen-bond acceptors (Lipinski definition) is 11. The fourth-order valence-corrected chi connectivity index (χ4v) is 4.81. The van der Waals surface area contributed by atoms with Gasteiger partial charge in [0.05, 0.1) is 17.1 Å². The molecule has 0 saturated heterocycles. The van der Waals surface area contributed by atoms with Crippen LogP contribution in [0.3, 0.4) is 0 Å². The smallest absolute Gasteiger partial charge is 0.340 e. The first-order valence-corrected chi connectivity index (χ1v) is 11.0.